The van der Waals surface area contributed by atoms with E-state index in [4.69, 9.17) is 39.5 Å². The zero-order valence-electron chi connectivity index (χ0n) is 18.0. The van der Waals surface area contributed by atoms with Gasteiger partial charge >= 0.3 is 0 Å². The number of hydrogen-bond donors (Lipinski definition) is 1. The van der Waals surface area contributed by atoms with E-state index in [1.54, 1.807) is 36.4 Å². The Morgan fingerprint density at radius 2 is 1.84 bits per heavy atom. The fourth-order valence-corrected chi connectivity index (χ4v) is 4.19. The van der Waals surface area contributed by atoms with Crippen LogP contribution >= 0.6 is 50.7 Å². The van der Waals surface area contributed by atoms with E-state index in [0.717, 1.165) is 18.4 Å². The third kappa shape index (κ3) is 7.84. The van der Waals surface area contributed by atoms with Crippen LogP contribution in [-0.4, -0.2) is 35.9 Å². The molecule has 0 saturated carbocycles. The molecule has 2 aromatic carbocycles. The highest BCUT2D eigenvalue weighted by atomic mass is 79.9. The molecular formula is C23H26BrCl3N2O3. The molecule has 2 amide bonds. The summed E-state index contributed by atoms with van der Waals surface area (Å²) in [4.78, 5) is 27.6. The lowest BCUT2D eigenvalue weighted by molar-refractivity contribution is -0.143. The molecule has 2 aromatic rings. The number of halogens is 4. The maximum Gasteiger partial charge on any atom is 0.261 e. The van der Waals surface area contributed by atoms with Gasteiger partial charge in [-0.1, -0.05) is 61.1 Å². The van der Waals surface area contributed by atoms with Gasteiger partial charge in [-0.3, -0.25) is 9.59 Å². The maximum absolute atomic E-state index is 13.2. The van der Waals surface area contributed by atoms with E-state index in [1.165, 1.54) is 4.90 Å². The van der Waals surface area contributed by atoms with Crippen molar-refractivity contribution in [1.29, 1.82) is 0 Å². The Labute approximate surface area is 212 Å². The first kappa shape index (κ1) is 26.8. The molecule has 0 aliphatic rings. The fourth-order valence-electron chi connectivity index (χ4n) is 3.08. The minimum absolute atomic E-state index is 0.193. The highest BCUT2D eigenvalue weighted by Crippen LogP contribution is 2.28. The van der Waals surface area contributed by atoms with Crippen molar-refractivity contribution in [2.24, 2.45) is 0 Å². The molecule has 1 atom stereocenters. The van der Waals surface area contributed by atoms with Gasteiger partial charge in [0.25, 0.3) is 5.91 Å². The van der Waals surface area contributed by atoms with E-state index in [9.17, 15) is 9.59 Å². The second kappa shape index (κ2) is 13.3. The Morgan fingerprint density at radius 1 is 1.09 bits per heavy atom. The van der Waals surface area contributed by atoms with E-state index in [1.807, 2.05) is 6.92 Å². The van der Waals surface area contributed by atoms with Crippen molar-refractivity contribution in [2.45, 2.75) is 45.7 Å². The lowest BCUT2D eigenvalue weighted by Gasteiger charge is -2.30. The number of unbranched alkanes of at least 4 members (excludes halogenated alkanes) is 1. The minimum Gasteiger partial charge on any atom is -0.483 e. The SMILES string of the molecule is CCCCNC(=O)[C@H](CC)N(Cc1ccc(Cl)c(Cl)c1)C(=O)COc1ccc(Cl)cc1Br. The van der Waals surface area contributed by atoms with Gasteiger partial charge < -0.3 is 15.0 Å². The van der Waals surface area contributed by atoms with Gasteiger partial charge in [-0.2, -0.15) is 0 Å². The summed E-state index contributed by atoms with van der Waals surface area (Å²) in [6.07, 6.45) is 2.29. The van der Waals surface area contributed by atoms with Crippen molar-refractivity contribution in [3.63, 3.8) is 0 Å². The highest BCUT2D eigenvalue weighted by Gasteiger charge is 2.29. The third-order valence-electron chi connectivity index (χ3n) is 4.80. The molecule has 32 heavy (non-hydrogen) atoms. The van der Waals surface area contributed by atoms with Crippen molar-refractivity contribution in [3.05, 3.63) is 61.5 Å². The van der Waals surface area contributed by atoms with E-state index in [0.29, 0.717) is 38.3 Å². The Morgan fingerprint density at radius 3 is 2.47 bits per heavy atom. The van der Waals surface area contributed by atoms with E-state index >= 15 is 0 Å². The van der Waals surface area contributed by atoms with Gasteiger partial charge in [-0.25, -0.2) is 0 Å². The predicted molar refractivity (Wildman–Crippen MR) is 134 cm³/mol. The maximum atomic E-state index is 13.2. The molecule has 0 aliphatic heterocycles. The first-order valence-electron chi connectivity index (χ1n) is 10.4. The quantitative estimate of drug-likeness (QED) is 0.317. The number of rotatable bonds is 11. The summed E-state index contributed by atoms with van der Waals surface area (Å²) in [7, 11) is 0. The number of amides is 2. The molecule has 0 saturated heterocycles. The number of benzene rings is 2. The molecule has 0 bridgehead atoms. The van der Waals surface area contributed by atoms with E-state index in [-0.39, 0.29) is 25.0 Å². The molecule has 0 spiro atoms. The lowest BCUT2D eigenvalue weighted by atomic mass is 10.1. The normalized spacial score (nSPS) is 11.7. The van der Waals surface area contributed by atoms with Crippen LogP contribution in [0.2, 0.25) is 15.1 Å². The molecular weight excluding hydrogens is 539 g/mol. The summed E-state index contributed by atoms with van der Waals surface area (Å²) in [5.74, 6) is -0.0323. The molecule has 174 valence electrons. The van der Waals surface area contributed by atoms with Crippen molar-refractivity contribution in [1.82, 2.24) is 10.2 Å². The Bertz CT molecular complexity index is 943. The average molecular weight is 565 g/mol. The minimum atomic E-state index is -0.647. The summed E-state index contributed by atoms with van der Waals surface area (Å²) >= 11 is 21.5. The van der Waals surface area contributed by atoms with Crippen LogP contribution in [0.25, 0.3) is 0 Å². The molecule has 0 radical (unpaired) electrons. The summed E-state index contributed by atoms with van der Waals surface area (Å²) in [6, 6.07) is 9.55. The summed E-state index contributed by atoms with van der Waals surface area (Å²) in [5.41, 5.74) is 0.764. The molecule has 0 heterocycles. The summed E-state index contributed by atoms with van der Waals surface area (Å²) in [6.45, 7) is 4.45. The Hall–Kier alpha value is -1.47. The zero-order valence-corrected chi connectivity index (χ0v) is 21.8. The molecule has 1 N–H and O–H groups in total. The number of nitrogens with zero attached hydrogens (tertiary/aromatic N) is 1. The van der Waals surface area contributed by atoms with Crippen molar-refractivity contribution in [3.8, 4) is 5.75 Å². The van der Waals surface area contributed by atoms with Crippen LogP contribution in [0.1, 0.15) is 38.7 Å². The lowest BCUT2D eigenvalue weighted by Crippen LogP contribution is -2.50. The van der Waals surface area contributed by atoms with Crippen molar-refractivity contribution < 1.29 is 14.3 Å². The highest BCUT2D eigenvalue weighted by molar-refractivity contribution is 9.10. The largest absolute Gasteiger partial charge is 0.483 e. The van der Waals surface area contributed by atoms with Gasteiger partial charge in [0, 0.05) is 18.1 Å². The van der Waals surface area contributed by atoms with Gasteiger partial charge in [0.1, 0.15) is 11.8 Å². The average Bonchev–Trinajstić information content (AvgIpc) is 2.75. The smallest absolute Gasteiger partial charge is 0.261 e. The van der Waals surface area contributed by atoms with E-state index in [2.05, 4.69) is 28.2 Å². The molecule has 0 aromatic heterocycles. The number of hydrogen-bond acceptors (Lipinski definition) is 3. The standard InChI is InChI=1S/C23H26BrCl3N2O3/c1-3-5-10-28-23(31)20(4-2)29(13-15-6-8-18(26)19(27)11-15)22(30)14-32-21-9-7-16(25)12-17(21)24/h6-9,11-12,20H,3-5,10,13-14H2,1-2H3,(H,28,31)/t20-/m0/s1. The van der Waals surface area contributed by atoms with Crippen LogP contribution in [0.3, 0.4) is 0 Å². The monoisotopic (exact) mass is 562 g/mol. The molecule has 0 fully saturated rings. The van der Waals surface area contributed by atoms with Crippen LogP contribution in [0.5, 0.6) is 5.75 Å². The van der Waals surface area contributed by atoms with E-state index < -0.39 is 6.04 Å². The summed E-state index contributed by atoms with van der Waals surface area (Å²) < 4.78 is 6.35. The topological polar surface area (TPSA) is 58.6 Å². The van der Waals surface area contributed by atoms with Crippen LogP contribution < -0.4 is 10.1 Å². The predicted octanol–water partition coefficient (Wildman–Crippen LogP) is 6.51. The van der Waals surface area contributed by atoms with Crippen LogP contribution in [0.15, 0.2) is 40.9 Å². The summed E-state index contributed by atoms with van der Waals surface area (Å²) in [5, 5.41) is 4.28. The van der Waals surface area contributed by atoms with Gasteiger partial charge in [-0.05, 0) is 64.7 Å². The first-order valence-corrected chi connectivity index (χ1v) is 12.3. The number of nitrogens with one attached hydrogen (secondary N) is 1. The van der Waals surface area contributed by atoms with Crippen LogP contribution in [0.4, 0.5) is 0 Å². The van der Waals surface area contributed by atoms with Crippen molar-refractivity contribution >= 4 is 62.5 Å². The third-order valence-corrected chi connectivity index (χ3v) is 6.39. The fraction of sp³-hybridized carbons (Fsp3) is 0.391. The second-order valence-corrected chi connectivity index (χ2v) is 9.31. The van der Waals surface area contributed by atoms with Gasteiger partial charge in [0.15, 0.2) is 6.61 Å². The van der Waals surface area contributed by atoms with Gasteiger partial charge in [-0.15, -0.1) is 0 Å². The number of ether oxygens (including phenoxy) is 1. The Kier molecular flexibility index (Phi) is 11.1. The molecule has 9 heteroatoms. The molecule has 0 aliphatic carbocycles. The first-order chi connectivity index (χ1) is 15.3. The zero-order chi connectivity index (χ0) is 23.7. The number of carbonyl (C=O) groups excluding carboxylic acids is 2. The van der Waals surface area contributed by atoms with Gasteiger partial charge in [0.2, 0.25) is 5.91 Å². The number of carbonyl (C=O) groups is 2. The van der Waals surface area contributed by atoms with Crippen LogP contribution in [-0.2, 0) is 16.1 Å². The molecule has 0 unspecified atom stereocenters. The molecule has 2 rings (SSSR count). The Balaban J connectivity index is 2.22. The van der Waals surface area contributed by atoms with Crippen LogP contribution in [0, 0.1) is 0 Å². The second-order valence-electron chi connectivity index (χ2n) is 7.20. The van der Waals surface area contributed by atoms with Crippen molar-refractivity contribution in [2.75, 3.05) is 13.2 Å². The van der Waals surface area contributed by atoms with Gasteiger partial charge in [0.05, 0.1) is 14.5 Å². The molecule has 5 nitrogen and oxygen atoms in total.